The van der Waals surface area contributed by atoms with Crippen molar-refractivity contribution in [3.05, 3.63) is 29.8 Å². The van der Waals surface area contributed by atoms with E-state index in [1.165, 1.54) is 128 Å². The molecule has 1 amide bonds. The zero-order valence-corrected chi connectivity index (χ0v) is 29.3. The Morgan fingerprint density at radius 1 is 0.614 bits per heavy atom. The number of ether oxygens (including phenoxy) is 1. The maximum Gasteiger partial charge on any atom is 0.311 e. The van der Waals surface area contributed by atoms with Gasteiger partial charge >= 0.3 is 5.97 Å². The summed E-state index contributed by atoms with van der Waals surface area (Å²) in [5, 5.41) is 3.11. The second-order valence-corrected chi connectivity index (χ2v) is 12.9. The first-order valence-electron chi connectivity index (χ1n) is 18.9. The Hall–Kier alpha value is -1.88. The molecule has 0 atom stereocenters. The molecule has 0 aromatic heterocycles. The van der Waals surface area contributed by atoms with Gasteiger partial charge in [-0.15, -0.1) is 0 Å². The van der Waals surface area contributed by atoms with Crippen molar-refractivity contribution < 1.29 is 14.3 Å². The molecule has 1 aromatic rings. The van der Waals surface area contributed by atoms with E-state index in [9.17, 15) is 9.59 Å². The Labute approximate surface area is 272 Å². The average molecular weight is 615 g/mol. The third kappa shape index (κ3) is 24.4. The maximum absolute atomic E-state index is 12.3. The molecule has 0 heterocycles. The van der Waals surface area contributed by atoms with Crippen LogP contribution in [0.2, 0.25) is 0 Å². The highest BCUT2D eigenvalue weighted by molar-refractivity contribution is 5.75. The quantitative estimate of drug-likeness (QED) is 0.0513. The number of unbranched alkanes of at least 4 members (excludes halogenated alkanes) is 16. The van der Waals surface area contributed by atoms with E-state index in [-0.39, 0.29) is 11.9 Å². The number of carbonyl (C=O) groups excluding carboxylic acids is 2. The van der Waals surface area contributed by atoms with E-state index in [0.29, 0.717) is 18.6 Å². The summed E-state index contributed by atoms with van der Waals surface area (Å²) < 4.78 is 5.60. The molecule has 1 aromatic carbocycles. The van der Waals surface area contributed by atoms with Gasteiger partial charge in [-0.1, -0.05) is 123 Å². The zero-order valence-electron chi connectivity index (χ0n) is 29.3. The van der Waals surface area contributed by atoms with Gasteiger partial charge in [-0.2, -0.15) is 0 Å². The number of carbonyl (C=O) groups is 2. The minimum atomic E-state index is -0.105. The predicted octanol–water partition coefficient (Wildman–Crippen LogP) is 10.6. The summed E-state index contributed by atoms with van der Waals surface area (Å²) in [7, 11) is 0. The molecule has 0 saturated carbocycles. The first-order chi connectivity index (χ1) is 21.6. The summed E-state index contributed by atoms with van der Waals surface area (Å²) >= 11 is 0. The van der Waals surface area contributed by atoms with Crippen LogP contribution >= 0.6 is 0 Å². The minimum Gasteiger partial charge on any atom is -0.427 e. The van der Waals surface area contributed by atoms with E-state index >= 15 is 0 Å². The Kier molecular flexibility index (Phi) is 27.2. The van der Waals surface area contributed by atoms with Gasteiger partial charge in [0.2, 0.25) is 5.91 Å². The first-order valence-corrected chi connectivity index (χ1v) is 18.9. The summed E-state index contributed by atoms with van der Waals surface area (Å²) in [4.78, 5) is 27.0. The standard InChI is InChI=1S/C39H70N2O3/c1-4-7-9-10-11-16-22-31-40-38(42)29-20-14-12-17-23-33-41(32-6-3)34-24-18-13-15-21-30-39(43)44-37-28-25-27-36(35-37)26-19-8-5-2/h25,27-28,35H,4-24,26,29-34H2,1-3H3,(H,40,42). The molecule has 1 N–H and O–H groups in total. The monoisotopic (exact) mass is 615 g/mol. The summed E-state index contributed by atoms with van der Waals surface area (Å²) in [5.74, 6) is 0.826. The van der Waals surface area contributed by atoms with Gasteiger partial charge in [0.05, 0.1) is 0 Å². The molecular formula is C39H70N2O3. The lowest BCUT2D eigenvalue weighted by molar-refractivity contribution is -0.134. The number of amides is 1. The van der Waals surface area contributed by atoms with Crippen LogP contribution < -0.4 is 10.1 Å². The third-order valence-corrected chi connectivity index (χ3v) is 8.57. The normalized spacial score (nSPS) is 11.3. The highest BCUT2D eigenvalue weighted by Gasteiger charge is 2.07. The number of nitrogens with one attached hydrogen (secondary N) is 1. The van der Waals surface area contributed by atoms with Crippen molar-refractivity contribution in [2.45, 2.75) is 175 Å². The Morgan fingerprint density at radius 2 is 1.18 bits per heavy atom. The van der Waals surface area contributed by atoms with Crippen LogP contribution in [0, 0.1) is 0 Å². The first kappa shape index (κ1) is 40.1. The van der Waals surface area contributed by atoms with Crippen molar-refractivity contribution in [1.29, 1.82) is 0 Å². The van der Waals surface area contributed by atoms with Gasteiger partial charge in [0.15, 0.2) is 0 Å². The number of aryl methyl sites for hydroxylation is 1. The maximum atomic E-state index is 12.3. The lowest BCUT2D eigenvalue weighted by atomic mass is 10.1. The van der Waals surface area contributed by atoms with Gasteiger partial charge in [0.1, 0.15) is 5.75 Å². The van der Waals surface area contributed by atoms with Crippen LogP contribution in [-0.4, -0.2) is 43.0 Å². The smallest absolute Gasteiger partial charge is 0.311 e. The largest absolute Gasteiger partial charge is 0.427 e. The van der Waals surface area contributed by atoms with Crippen LogP contribution in [0.3, 0.4) is 0 Å². The number of benzene rings is 1. The lowest BCUT2D eigenvalue weighted by Gasteiger charge is -2.21. The van der Waals surface area contributed by atoms with Gasteiger partial charge in [0.25, 0.3) is 0 Å². The topological polar surface area (TPSA) is 58.6 Å². The fraction of sp³-hybridized carbons (Fsp3) is 0.795. The SMILES string of the molecule is CCCCCCCCCNC(=O)CCCCCCCN(CCC)CCCCCCCC(=O)Oc1cccc(CCCCC)c1. The molecule has 0 saturated heterocycles. The molecule has 5 nitrogen and oxygen atoms in total. The molecule has 0 aliphatic heterocycles. The number of hydrogen-bond donors (Lipinski definition) is 1. The molecule has 44 heavy (non-hydrogen) atoms. The molecular weight excluding hydrogens is 544 g/mol. The van der Waals surface area contributed by atoms with Gasteiger partial charge in [-0.25, -0.2) is 0 Å². The molecule has 0 bridgehead atoms. The highest BCUT2D eigenvalue weighted by Crippen LogP contribution is 2.17. The number of esters is 1. The Morgan fingerprint density at radius 3 is 1.84 bits per heavy atom. The molecule has 0 unspecified atom stereocenters. The molecule has 1 rings (SSSR count). The predicted molar refractivity (Wildman–Crippen MR) is 188 cm³/mol. The van der Waals surface area contributed by atoms with Gasteiger partial charge < -0.3 is 15.0 Å². The second-order valence-electron chi connectivity index (χ2n) is 12.9. The molecule has 0 aliphatic carbocycles. The van der Waals surface area contributed by atoms with Crippen LogP contribution in [0.25, 0.3) is 0 Å². The van der Waals surface area contributed by atoms with Crippen molar-refractivity contribution in [1.82, 2.24) is 10.2 Å². The van der Waals surface area contributed by atoms with Crippen LogP contribution in [0.5, 0.6) is 5.75 Å². The van der Waals surface area contributed by atoms with Crippen molar-refractivity contribution in [2.75, 3.05) is 26.2 Å². The summed E-state index contributed by atoms with van der Waals surface area (Å²) in [6.07, 6.45) is 27.7. The van der Waals surface area contributed by atoms with Crippen molar-refractivity contribution in [3.8, 4) is 5.75 Å². The minimum absolute atomic E-state index is 0.105. The van der Waals surface area contributed by atoms with Crippen LogP contribution in [0.4, 0.5) is 0 Å². The Balaban J connectivity index is 1.99. The number of nitrogens with zero attached hydrogens (tertiary/aromatic N) is 1. The number of rotatable bonds is 31. The summed E-state index contributed by atoms with van der Waals surface area (Å²) in [6, 6.07) is 8.03. The number of hydrogen-bond acceptors (Lipinski definition) is 4. The molecule has 5 heteroatoms. The van der Waals surface area contributed by atoms with E-state index in [0.717, 1.165) is 45.1 Å². The van der Waals surface area contributed by atoms with Crippen molar-refractivity contribution in [2.24, 2.45) is 0 Å². The van der Waals surface area contributed by atoms with Crippen LogP contribution in [0.15, 0.2) is 24.3 Å². The summed E-state index contributed by atoms with van der Waals surface area (Å²) in [5.41, 5.74) is 1.26. The van der Waals surface area contributed by atoms with E-state index in [1.54, 1.807) is 0 Å². The van der Waals surface area contributed by atoms with Gasteiger partial charge in [0, 0.05) is 19.4 Å². The van der Waals surface area contributed by atoms with Crippen molar-refractivity contribution >= 4 is 11.9 Å². The van der Waals surface area contributed by atoms with E-state index in [2.05, 4.69) is 37.1 Å². The summed E-state index contributed by atoms with van der Waals surface area (Å²) in [6.45, 7) is 11.2. The van der Waals surface area contributed by atoms with E-state index in [4.69, 9.17) is 4.74 Å². The molecule has 0 radical (unpaired) electrons. The van der Waals surface area contributed by atoms with Gasteiger partial charge in [-0.05, 0) is 88.7 Å². The molecule has 0 aliphatic rings. The van der Waals surface area contributed by atoms with E-state index in [1.807, 2.05) is 18.2 Å². The van der Waals surface area contributed by atoms with Gasteiger partial charge in [-0.3, -0.25) is 9.59 Å². The van der Waals surface area contributed by atoms with Crippen LogP contribution in [-0.2, 0) is 16.0 Å². The van der Waals surface area contributed by atoms with Crippen LogP contribution in [0.1, 0.15) is 174 Å². The molecule has 0 fully saturated rings. The average Bonchev–Trinajstić information content (AvgIpc) is 3.01. The molecule has 254 valence electrons. The fourth-order valence-electron chi connectivity index (χ4n) is 5.86. The highest BCUT2D eigenvalue weighted by atomic mass is 16.5. The van der Waals surface area contributed by atoms with Crippen molar-refractivity contribution in [3.63, 3.8) is 0 Å². The Bertz CT molecular complexity index is 812. The lowest BCUT2D eigenvalue weighted by Crippen LogP contribution is -2.27. The third-order valence-electron chi connectivity index (χ3n) is 8.57. The van der Waals surface area contributed by atoms with E-state index < -0.39 is 0 Å². The molecule has 0 spiro atoms. The zero-order chi connectivity index (χ0) is 31.9. The second kappa shape index (κ2) is 29.8. The fourth-order valence-corrected chi connectivity index (χ4v) is 5.86.